The zero-order valence-electron chi connectivity index (χ0n) is 9.27. The molecule has 0 aromatic carbocycles. The Morgan fingerprint density at radius 1 is 1.62 bits per heavy atom. The summed E-state index contributed by atoms with van der Waals surface area (Å²) in [6, 6.07) is 1.82. The molecule has 0 saturated heterocycles. The number of esters is 1. The van der Waals surface area contributed by atoms with Gasteiger partial charge in [-0.05, 0) is 30.5 Å². The van der Waals surface area contributed by atoms with Crippen LogP contribution in [0.15, 0.2) is 12.3 Å². The van der Waals surface area contributed by atoms with Gasteiger partial charge in [0.1, 0.15) is 12.4 Å². The summed E-state index contributed by atoms with van der Waals surface area (Å²) >= 11 is 0. The third-order valence-corrected chi connectivity index (χ3v) is 2.91. The number of pyridine rings is 1. The molecule has 2 atom stereocenters. The number of aromatic nitrogens is 1. The van der Waals surface area contributed by atoms with Gasteiger partial charge in [-0.15, -0.1) is 0 Å². The largest absolute Gasteiger partial charge is 0.457 e. The predicted molar refractivity (Wildman–Crippen MR) is 56.7 cm³/mol. The topological polar surface area (TPSA) is 56.3 Å². The number of nitrogens with zero attached hydrogens (tertiary/aromatic N) is 1. The first kappa shape index (κ1) is 10.8. The minimum absolute atomic E-state index is 0.276. The minimum Gasteiger partial charge on any atom is -0.457 e. The van der Waals surface area contributed by atoms with Crippen LogP contribution in [0.2, 0.25) is 0 Å². The first-order chi connectivity index (χ1) is 7.63. The summed E-state index contributed by atoms with van der Waals surface area (Å²) < 4.78 is 5.20. The van der Waals surface area contributed by atoms with Crippen LogP contribution in [0.3, 0.4) is 0 Å². The number of aryl methyl sites for hydroxylation is 1. The number of carbonyl (C=O) groups is 2. The van der Waals surface area contributed by atoms with Crippen LogP contribution in [0, 0.1) is 12.8 Å². The fourth-order valence-electron chi connectivity index (χ4n) is 2.17. The molecule has 4 nitrogen and oxygen atoms in total. The molecule has 1 aromatic rings. The third-order valence-electron chi connectivity index (χ3n) is 2.91. The van der Waals surface area contributed by atoms with Gasteiger partial charge in [0.15, 0.2) is 0 Å². The lowest BCUT2D eigenvalue weighted by Crippen LogP contribution is -2.15. The van der Waals surface area contributed by atoms with E-state index in [1.165, 1.54) is 6.92 Å². The Labute approximate surface area is 93.6 Å². The number of aldehydes is 1. The molecule has 4 heteroatoms. The SMILES string of the molecule is CC(=O)OC1c2ccnc(C)c2C[C@H]1C=O. The molecule has 0 saturated carbocycles. The van der Waals surface area contributed by atoms with Crippen LogP contribution in [0.5, 0.6) is 0 Å². The van der Waals surface area contributed by atoms with Gasteiger partial charge in [0.25, 0.3) is 0 Å². The van der Waals surface area contributed by atoms with Gasteiger partial charge in [0.05, 0.1) is 5.92 Å². The summed E-state index contributed by atoms with van der Waals surface area (Å²) in [4.78, 5) is 26.1. The zero-order chi connectivity index (χ0) is 11.7. The van der Waals surface area contributed by atoms with Crippen LogP contribution < -0.4 is 0 Å². The van der Waals surface area contributed by atoms with Gasteiger partial charge in [0, 0.05) is 18.8 Å². The number of fused-ring (bicyclic) bond motifs is 1. The summed E-state index contributed by atoms with van der Waals surface area (Å²) in [6.07, 6.45) is 2.70. The molecule has 0 spiro atoms. The Balaban J connectivity index is 2.40. The Bertz CT molecular complexity index is 442. The van der Waals surface area contributed by atoms with Crippen molar-refractivity contribution in [2.24, 2.45) is 5.92 Å². The number of rotatable bonds is 2. The Hall–Kier alpha value is -1.71. The molecule has 16 heavy (non-hydrogen) atoms. The Kier molecular flexibility index (Phi) is 2.73. The van der Waals surface area contributed by atoms with Crippen molar-refractivity contribution in [1.29, 1.82) is 0 Å². The lowest BCUT2D eigenvalue weighted by molar-refractivity contribution is -0.149. The maximum absolute atomic E-state index is 11.0. The molecule has 1 heterocycles. The monoisotopic (exact) mass is 219 g/mol. The average molecular weight is 219 g/mol. The van der Waals surface area contributed by atoms with Gasteiger partial charge in [0.2, 0.25) is 0 Å². The fraction of sp³-hybridized carbons (Fsp3) is 0.417. The minimum atomic E-state index is -0.438. The maximum atomic E-state index is 11.0. The molecule has 0 radical (unpaired) electrons. The van der Waals surface area contributed by atoms with Gasteiger partial charge in [-0.3, -0.25) is 9.78 Å². The number of ether oxygens (including phenoxy) is 1. The number of hydrogen-bond acceptors (Lipinski definition) is 4. The highest BCUT2D eigenvalue weighted by Crippen LogP contribution is 2.38. The highest BCUT2D eigenvalue weighted by Gasteiger charge is 2.35. The van der Waals surface area contributed by atoms with E-state index in [0.717, 1.165) is 23.1 Å². The second-order valence-corrected chi connectivity index (χ2v) is 4.00. The number of hydrogen-bond donors (Lipinski definition) is 0. The normalized spacial score (nSPS) is 22.6. The van der Waals surface area contributed by atoms with Gasteiger partial charge >= 0.3 is 5.97 Å². The lowest BCUT2D eigenvalue weighted by atomic mass is 10.1. The average Bonchev–Trinajstić information content (AvgIpc) is 2.58. The lowest BCUT2D eigenvalue weighted by Gasteiger charge is -2.15. The summed E-state index contributed by atoms with van der Waals surface area (Å²) in [5.41, 5.74) is 2.85. The van der Waals surface area contributed by atoms with Crippen LogP contribution in [0.25, 0.3) is 0 Å². The molecule has 0 aliphatic heterocycles. The molecule has 2 rings (SSSR count). The first-order valence-electron chi connectivity index (χ1n) is 5.20. The van der Waals surface area contributed by atoms with E-state index in [1.54, 1.807) is 6.20 Å². The smallest absolute Gasteiger partial charge is 0.303 e. The maximum Gasteiger partial charge on any atom is 0.303 e. The Morgan fingerprint density at radius 3 is 3.00 bits per heavy atom. The van der Waals surface area contributed by atoms with E-state index in [4.69, 9.17) is 4.74 Å². The molecular formula is C12H13NO3. The van der Waals surface area contributed by atoms with Crippen molar-refractivity contribution in [3.63, 3.8) is 0 Å². The van der Waals surface area contributed by atoms with E-state index < -0.39 is 6.10 Å². The standard InChI is InChI=1S/C12H13NO3/c1-7-11-5-9(6-14)12(16-8(2)15)10(11)3-4-13-7/h3-4,6,9,12H,5H2,1-2H3/t9-,12?/m0/s1. The molecule has 1 unspecified atom stereocenters. The van der Waals surface area contributed by atoms with Crippen LogP contribution in [-0.2, 0) is 20.7 Å². The summed E-state index contributed by atoms with van der Waals surface area (Å²) in [6.45, 7) is 3.25. The Morgan fingerprint density at radius 2 is 2.38 bits per heavy atom. The van der Waals surface area contributed by atoms with Crippen molar-refractivity contribution >= 4 is 12.3 Å². The highest BCUT2D eigenvalue weighted by atomic mass is 16.5. The fourth-order valence-corrected chi connectivity index (χ4v) is 2.17. The summed E-state index contributed by atoms with van der Waals surface area (Å²) in [5, 5.41) is 0. The molecule has 1 aliphatic rings. The molecule has 84 valence electrons. The van der Waals surface area contributed by atoms with Crippen LogP contribution in [-0.4, -0.2) is 17.2 Å². The van der Waals surface area contributed by atoms with Gasteiger partial charge in [-0.25, -0.2) is 0 Å². The highest BCUT2D eigenvalue weighted by molar-refractivity contribution is 5.68. The van der Waals surface area contributed by atoms with E-state index in [9.17, 15) is 9.59 Å². The van der Waals surface area contributed by atoms with Crippen molar-refractivity contribution in [2.75, 3.05) is 0 Å². The molecule has 1 aliphatic carbocycles. The molecular weight excluding hydrogens is 206 g/mol. The number of carbonyl (C=O) groups excluding carboxylic acids is 2. The van der Waals surface area contributed by atoms with Gasteiger partial charge in [-0.1, -0.05) is 0 Å². The van der Waals surface area contributed by atoms with Crippen LogP contribution in [0.1, 0.15) is 29.8 Å². The molecule has 0 N–H and O–H groups in total. The van der Waals surface area contributed by atoms with E-state index in [1.807, 2.05) is 13.0 Å². The van der Waals surface area contributed by atoms with E-state index in [-0.39, 0.29) is 11.9 Å². The first-order valence-corrected chi connectivity index (χ1v) is 5.20. The van der Waals surface area contributed by atoms with Gasteiger partial charge in [-0.2, -0.15) is 0 Å². The van der Waals surface area contributed by atoms with Gasteiger partial charge < -0.3 is 9.53 Å². The van der Waals surface area contributed by atoms with Crippen LogP contribution >= 0.6 is 0 Å². The molecule has 0 amide bonds. The quantitative estimate of drug-likeness (QED) is 0.556. The predicted octanol–water partition coefficient (Wildman–Crippen LogP) is 1.37. The van der Waals surface area contributed by atoms with Crippen molar-refractivity contribution in [2.45, 2.75) is 26.4 Å². The van der Waals surface area contributed by atoms with Crippen molar-refractivity contribution in [3.05, 3.63) is 29.1 Å². The van der Waals surface area contributed by atoms with E-state index in [0.29, 0.717) is 6.42 Å². The second kappa shape index (κ2) is 4.04. The molecule has 0 fully saturated rings. The second-order valence-electron chi connectivity index (χ2n) is 4.00. The summed E-state index contributed by atoms with van der Waals surface area (Å²) in [5.74, 6) is -0.638. The third kappa shape index (κ3) is 1.71. The molecule has 1 aromatic heterocycles. The van der Waals surface area contributed by atoms with Crippen molar-refractivity contribution in [1.82, 2.24) is 4.98 Å². The molecule has 0 bridgehead atoms. The summed E-state index contributed by atoms with van der Waals surface area (Å²) in [7, 11) is 0. The van der Waals surface area contributed by atoms with E-state index in [2.05, 4.69) is 4.98 Å². The van der Waals surface area contributed by atoms with Crippen molar-refractivity contribution in [3.8, 4) is 0 Å². The van der Waals surface area contributed by atoms with Crippen molar-refractivity contribution < 1.29 is 14.3 Å². The zero-order valence-corrected chi connectivity index (χ0v) is 9.27. The van der Waals surface area contributed by atoms with Crippen LogP contribution in [0.4, 0.5) is 0 Å². The van der Waals surface area contributed by atoms with E-state index >= 15 is 0 Å².